The minimum absolute atomic E-state index is 0.0712. The van der Waals surface area contributed by atoms with Crippen molar-refractivity contribution < 1.29 is 14.3 Å². The Labute approximate surface area is 223 Å². The van der Waals surface area contributed by atoms with Crippen molar-refractivity contribution in [2.75, 3.05) is 6.61 Å². The first-order valence-corrected chi connectivity index (χ1v) is 15.5. The molecule has 0 unspecified atom stereocenters. The fourth-order valence-corrected chi connectivity index (χ4v) is 6.65. The fourth-order valence-electron chi connectivity index (χ4n) is 6.16. The third kappa shape index (κ3) is 9.74. The summed E-state index contributed by atoms with van der Waals surface area (Å²) in [6.45, 7) is 5.22. The molecule has 2 saturated carbocycles. The number of hydrogen-bond donors (Lipinski definition) is 0. The third-order valence-electron chi connectivity index (χ3n) is 8.44. The van der Waals surface area contributed by atoms with Crippen molar-refractivity contribution >= 4 is 21.9 Å². The largest absolute Gasteiger partial charge is 0.492 e. The fraction of sp³-hybridized carbons (Fsp3) is 0.774. The van der Waals surface area contributed by atoms with E-state index in [9.17, 15) is 4.79 Å². The highest BCUT2D eigenvalue weighted by atomic mass is 79.9. The molecule has 0 amide bonds. The Bertz CT molecular complexity index is 733. The van der Waals surface area contributed by atoms with Crippen molar-refractivity contribution in [3.8, 4) is 5.75 Å². The highest BCUT2D eigenvalue weighted by molar-refractivity contribution is 9.10. The lowest BCUT2D eigenvalue weighted by Crippen LogP contribution is -2.29. The van der Waals surface area contributed by atoms with Gasteiger partial charge in [0.2, 0.25) is 0 Å². The van der Waals surface area contributed by atoms with E-state index >= 15 is 0 Å². The van der Waals surface area contributed by atoms with Crippen molar-refractivity contribution in [1.82, 2.24) is 0 Å². The van der Waals surface area contributed by atoms with Gasteiger partial charge in [-0.1, -0.05) is 78.1 Å². The Morgan fingerprint density at radius 3 is 2.09 bits per heavy atom. The Balaban J connectivity index is 1.34. The van der Waals surface area contributed by atoms with Gasteiger partial charge in [-0.3, -0.25) is 0 Å². The van der Waals surface area contributed by atoms with E-state index in [4.69, 9.17) is 9.47 Å². The zero-order chi connectivity index (χ0) is 24.9. The summed E-state index contributed by atoms with van der Waals surface area (Å²) in [6, 6.07) is 5.56. The molecule has 0 heterocycles. The van der Waals surface area contributed by atoms with Gasteiger partial charge < -0.3 is 9.47 Å². The van der Waals surface area contributed by atoms with E-state index < -0.39 is 0 Å². The molecular formula is C31H49BrO3. The third-order valence-corrected chi connectivity index (χ3v) is 9.06. The number of hydrogen-bond acceptors (Lipinski definition) is 3. The maximum Gasteiger partial charge on any atom is 0.338 e. The second-order valence-corrected chi connectivity index (χ2v) is 12.0. The van der Waals surface area contributed by atoms with E-state index in [0.717, 1.165) is 47.2 Å². The summed E-state index contributed by atoms with van der Waals surface area (Å²) in [5.41, 5.74) is 0.606. The number of rotatable bonds is 14. The van der Waals surface area contributed by atoms with E-state index in [2.05, 4.69) is 29.8 Å². The lowest BCUT2D eigenvalue weighted by Gasteiger charge is -2.37. The van der Waals surface area contributed by atoms with E-state index in [1.54, 1.807) is 0 Å². The molecule has 1 aromatic rings. The van der Waals surface area contributed by atoms with Gasteiger partial charge in [-0.15, -0.1) is 0 Å². The lowest BCUT2D eigenvalue weighted by atomic mass is 9.70. The number of carbonyl (C=O) groups excluding carboxylic acids is 1. The minimum Gasteiger partial charge on any atom is -0.492 e. The highest BCUT2D eigenvalue weighted by Crippen LogP contribution is 2.41. The Kier molecular flexibility index (Phi) is 13.0. The molecule has 1 aromatic carbocycles. The van der Waals surface area contributed by atoms with Crippen LogP contribution in [0.2, 0.25) is 0 Å². The zero-order valence-corrected chi connectivity index (χ0v) is 24.0. The van der Waals surface area contributed by atoms with E-state index in [1.807, 2.05) is 18.2 Å². The van der Waals surface area contributed by atoms with Crippen molar-refractivity contribution in [3.63, 3.8) is 0 Å². The zero-order valence-electron chi connectivity index (χ0n) is 22.4. The van der Waals surface area contributed by atoms with Crippen LogP contribution in [-0.2, 0) is 4.74 Å². The summed E-state index contributed by atoms with van der Waals surface area (Å²) in [5.74, 6) is 3.33. The van der Waals surface area contributed by atoms with E-state index in [-0.39, 0.29) is 12.1 Å². The molecule has 0 atom stereocenters. The maximum atomic E-state index is 12.8. The second-order valence-electron chi connectivity index (χ2n) is 11.1. The standard InChI is InChI=1S/C31H49BrO3/c1-3-5-7-9-11-24-12-14-25(15-13-24)26-16-19-28(20-17-26)35-31(33)27-18-21-30(29(32)23-27)34-22-10-8-6-4-2/h18,21,23-26,28H,3-17,19-20,22H2,1-2H3. The van der Waals surface area contributed by atoms with Gasteiger partial charge in [0.25, 0.3) is 0 Å². The molecule has 0 saturated heterocycles. The molecule has 0 aliphatic heterocycles. The van der Waals surface area contributed by atoms with Crippen LogP contribution in [0.3, 0.4) is 0 Å². The number of ether oxygens (including phenoxy) is 2. The first-order chi connectivity index (χ1) is 17.1. The first kappa shape index (κ1) is 28.5. The van der Waals surface area contributed by atoms with E-state index in [1.165, 1.54) is 89.9 Å². The summed E-state index contributed by atoms with van der Waals surface area (Å²) in [4.78, 5) is 12.8. The lowest BCUT2D eigenvalue weighted by molar-refractivity contribution is 0.0109. The van der Waals surface area contributed by atoms with Crippen LogP contribution in [0, 0.1) is 17.8 Å². The molecule has 0 radical (unpaired) electrons. The van der Waals surface area contributed by atoms with Gasteiger partial charge in [-0.2, -0.15) is 0 Å². The normalized spacial score (nSPS) is 24.8. The molecule has 35 heavy (non-hydrogen) atoms. The molecular weight excluding hydrogens is 500 g/mol. The SMILES string of the molecule is CCCCCCOc1ccc(C(=O)OC2CCC(C3CCC(CCCCCC)CC3)CC2)cc1Br. The van der Waals surface area contributed by atoms with E-state index in [0.29, 0.717) is 12.2 Å². The molecule has 2 fully saturated rings. The predicted octanol–water partition coefficient (Wildman–Crippen LogP) is 9.90. The quantitative estimate of drug-likeness (QED) is 0.171. The van der Waals surface area contributed by atoms with Crippen molar-refractivity contribution in [3.05, 3.63) is 28.2 Å². The average Bonchev–Trinajstić information content (AvgIpc) is 2.88. The van der Waals surface area contributed by atoms with Gasteiger partial charge in [-0.25, -0.2) is 4.79 Å². The Hall–Kier alpha value is -1.03. The van der Waals surface area contributed by atoms with Gasteiger partial charge >= 0.3 is 5.97 Å². The molecule has 2 aliphatic carbocycles. The van der Waals surface area contributed by atoms with Crippen LogP contribution in [0.15, 0.2) is 22.7 Å². The molecule has 4 heteroatoms. The van der Waals surface area contributed by atoms with Crippen LogP contribution < -0.4 is 4.74 Å². The van der Waals surface area contributed by atoms with Crippen molar-refractivity contribution in [1.29, 1.82) is 0 Å². The molecule has 3 nitrogen and oxygen atoms in total. The van der Waals surface area contributed by atoms with Gasteiger partial charge in [0, 0.05) is 0 Å². The molecule has 0 spiro atoms. The van der Waals surface area contributed by atoms with Crippen LogP contribution in [-0.4, -0.2) is 18.7 Å². The summed E-state index contributed by atoms with van der Waals surface area (Å²) in [7, 11) is 0. The summed E-state index contributed by atoms with van der Waals surface area (Å²) < 4.78 is 12.6. The number of esters is 1. The highest BCUT2D eigenvalue weighted by Gasteiger charge is 2.32. The van der Waals surface area contributed by atoms with Gasteiger partial charge in [0.05, 0.1) is 16.6 Å². The predicted molar refractivity (Wildman–Crippen MR) is 149 cm³/mol. The molecule has 0 N–H and O–H groups in total. The average molecular weight is 550 g/mol. The molecule has 0 bridgehead atoms. The summed E-state index contributed by atoms with van der Waals surface area (Å²) in [6.07, 6.45) is 22.1. The Morgan fingerprint density at radius 1 is 0.829 bits per heavy atom. The second kappa shape index (κ2) is 15.9. The van der Waals surface area contributed by atoms with Crippen molar-refractivity contribution in [2.45, 2.75) is 129 Å². The number of halogens is 1. The topological polar surface area (TPSA) is 35.5 Å². The maximum absolute atomic E-state index is 12.8. The van der Waals surface area contributed by atoms with Gasteiger partial charge in [0.1, 0.15) is 11.9 Å². The van der Waals surface area contributed by atoms with Crippen LogP contribution in [0.4, 0.5) is 0 Å². The summed E-state index contributed by atoms with van der Waals surface area (Å²) >= 11 is 3.57. The number of benzene rings is 1. The Morgan fingerprint density at radius 2 is 1.46 bits per heavy atom. The molecule has 3 rings (SSSR count). The number of unbranched alkanes of at least 4 members (excludes halogenated alkanes) is 6. The van der Waals surface area contributed by atoms with Crippen LogP contribution >= 0.6 is 15.9 Å². The monoisotopic (exact) mass is 548 g/mol. The van der Waals surface area contributed by atoms with Crippen LogP contribution in [0.1, 0.15) is 133 Å². The first-order valence-electron chi connectivity index (χ1n) is 14.7. The number of carbonyl (C=O) groups is 1. The van der Waals surface area contributed by atoms with Gasteiger partial charge in [0.15, 0.2) is 0 Å². The van der Waals surface area contributed by atoms with Crippen LogP contribution in [0.25, 0.3) is 0 Å². The van der Waals surface area contributed by atoms with Crippen molar-refractivity contribution in [2.24, 2.45) is 17.8 Å². The smallest absolute Gasteiger partial charge is 0.338 e. The molecule has 0 aromatic heterocycles. The minimum atomic E-state index is -0.202. The van der Waals surface area contributed by atoms with Gasteiger partial charge in [-0.05, 0) is 96.8 Å². The molecule has 198 valence electrons. The molecule has 2 aliphatic rings. The summed E-state index contributed by atoms with van der Waals surface area (Å²) in [5, 5.41) is 0. The van der Waals surface area contributed by atoms with Crippen LogP contribution in [0.5, 0.6) is 5.75 Å².